The number of amides is 2. The van der Waals surface area contributed by atoms with Gasteiger partial charge in [0, 0.05) is 36.8 Å². The molecule has 0 radical (unpaired) electrons. The number of benzene rings is 2. The highest BCUT2D eigenvalue weighted by atomic mass is 16.3. The average Bonchev–Trinajstić information content (AvgIpc) is 3.22. The van der Waals surface area contributed by atoms with Crippen LogP contribution >= 0.6 is 0 Å². The Morgan fingerprint density at radius 1 is 0.969 bits per heavy atom. The number of carbonyl (C=O) groups is 2. The van der Waals surface area contributed by atoms with Gasteiger partial charge in [-0.05, 0) is 48.3 Å². The van der Waals surface area contributed by atoms with Crippen LogP contribution in [0.2, 0.25) is 0 Å². The summed E-state index contributed by atoms with van der Waals surface area (Å²) < 4.78 is 0. The van der Waals surface area contributed by atoms with Gasteiger partial charge in [-0.15, -0.1) is 0 Å². The minimum Gasteiger partial charge on any atom is -0.394 e. The molecule has 2 amide bonds. The number of fused-ring (bicyclic) bond motifs is 1. The van der Waals surface area contributed by atoms with E-state index in [1.54, 1.807) is 6.20 Å². The molecule has 2 saturated heterocycles. The van der Waals surface area contributed by atoms with E-state index in [1.165, 1.54) is 0 Å². The second-order valence-electron chi connectivity index (χ2n) is 9.01. The van der Waals surface area contributed by atoms with E-state index in [4.69, 9.17) is 0 Å². The van der Waals surface area contributed by atoms with E-state index < -0.39 is 0 Å². The van der Waals surface area contributed by atoms with Gasteiger partial charge in [-0.2, -0.15) is 0 Å². The number of hydrogen-bond donors (Lipinski definition) is 1. The topological polar surface area (TPSA) is 73.7 Å². The van der Waals surface area contributed by atoms with Crippen LogP contribution in [0.4, 0.5) is 0 Å². The van der Waals surface area contributed by atoms with Crippen LogP contribution < -0.4 is 0 Å². The molecule has 0 bridgehead atoms. The van der Waals surface area contributed by atoms with Crippen LogP contribution in [0.5, 0.6) is 0 Å². The molecule has 32 heavy (non-hydrogen) atoms. The first-order valence-corrected chi connectivity index (χ1v) is 11.2. The first-order chi connectivity index (χ1) is 15.6. The van der Waals surface area contributed by atoms with E-state index in [2.05, 4.69) is 4.98 Å². The van der Waals surface area contributed by atoms with Crippen LogP contribution in [-0.4, -0.2) is 64.0 Å². The first kappa shape index (κ1) is 20.6. The monoisotopic (exact) mass is 429 g/mol. The minimum atomic E-state index is -0.176. The van der Waals surface area contributed by atoms with E-state index in [9.17, 15) is 14.7 Å². The predicted octanol–water partition coefficient (Wildman–Crippen LogP) is 3.36. The molecule has 2 fully saturated rings. The zero-order chi connectivity index (χ0) is 22.1. The highest BCUT2D eigenvalue weighted by Gasteiger charge is 2.47. The summed E-state index contributed by atoms with van der Waals surface area (Å²) in [5.74, 6) is -0.0643. The molecule has 2 aromatic carbocycles. The van der Waals surface area contributed by atoms with E-state index in [-0.39, 0.29) is 29.9 Å². The Morgan fingerprint density at radius 3 is 2.44 bits per heavy atom. The fourth-order valence-electron chi connectivity index (χ4n) is 5.30. The van der Waals surface area contributed by atoms with Crippen LogP contribution in [-0.2, 0) is 0 Å². The number of pyridine rings is 1. The van der Waals surface area contributed by atoms with Crippen molar-refractivity contribution >= 4 is 22.6 Å². The Balaban J connectivity index is 1.30. The lowest BCUT2D eigenvalue weighted by Gasteiger charge is -2.39. The van der Waals surface area contributed by atoms with Gasteiger partial charge in [-0.3, -0.25) is 14.6 Å². The van der Waals surface area contributed by atoms with Gasteiger partial charge in [-0.1, -0.05) is 42.5 Å². The van der Waals surface area contributed by atoms with Gasteiger partial charge in [-0.25, -0.2) is 0 Å². The molecule has 0 aliphatic carbocycles. The Hall–Kier alpha value is -3.25. The van der Waals surface area contributed by atoms with Crippen molar-refractivity contribution in [1.82, 2.24) is 14.8 Å². The average molecular weight is 430 g/mol. The quantitative estimate of drug-likeness (QED) is 0.693. The lowest BCUT2D eigenvalue weighted by molar-refractivity contribution is 0.0557. The zero-order valence-electron chi connectivity index (χ0n) is 18.0. The van der Waals surface area contributed by atoms with E-state index >= 15 is 0 Å². The van der Waals surface area contributed by atoms with Gasteiger partial charge in [0.1, 0.15) is 5.69 Å². The number of aliphatic hydroxyl groups is 1. The number of aromatic nitrogens is 1. The lowest BCUT2D eigenvalue weighted by atomic mass is 9.76. The molecule has 0 saturated carbocycles. The molecular weight excluding hydrogens is 402 g/mol. The Bertz CT molecular complexity index is 1130. The summed E-state index contributed by atoms with van der Waals surface area (Å²) >= 11 is 0. The SMILES string of the molecule is O=C(c1nccc2ccccc12)N1CCC2(CC1)CC(CO)N(C(=O)c1ccccc1)C2. The van der Waals surface area contributed by atoms with Crippen LogP contribution in [0.1, 0.15) is 40.1 Å². The zero-order valence-corrected chi connectivity index (χ0v) is 18.0. The van der Waals surface area contributed by atoms with Crippen molar-refractivity contribution in [3.63, 3.8) is 0 Å². The van der Waals surface area contributed by atoms with E-state index in [1.807, 2.05) is 70.5 Å². The maximum absolute atomic E-state index is 13.3. The summed E-state index contributed by atoms with van der Waals surface area (Å²) in [6, 6.07) is 18.8. The fourth-order valence-corrected chi connectivity index (χ4v) is 5.30. The smallest absolute Gasteiger partial charge is 0.273 e. The largest absolute Gasteiger partial charge is 0.394 e. The van der Waals surface area contributed by atoms with E-state index in [0.717, 1.165) is 30.0 Å². The standard InChI is InChI=1S/C26H27N3O3/c30-17-21-16-26(18-29(21)24(31)20-7-2-1-3-8-20)11-14-28(15-12-26)25(32)23-22-9-5-4-6-19(22)10-13-27-23/h1-10,13,21,30H,11-12,14-18H2. The third kappa shape index (κ3) is 3.65. The molecule has 3 heterocycles. The lowest BCUT2D eigenvalue weighted by Crippen LogP contribution is -2.45. The molecular formula is C26H27N3O3. The van der Waals surface area contributed by atoms with Crippen molar-refractivity contribution in [3.8, 4) is 0 Å². The third-order valence-corrected chi connectivity index (χ3v) is 7.10. The molecule has 1 N–H and O–H groups in total. The summed E-state index contributed by atoms with van der Waals surface area (Å²) in [7, 11) is 0. The number of carbonyl (C=O) groups excluding carboxylic acids is 2. The molecule has 164 valence electrons. The highest BCUT2D eigenvalue weighted by molar-refractivity contribution is 6.05. The molecule has 1 aromatic heterocycles. The Kier molecular flexibility index (Phi) is 5.39. The maximum Gasteiger partial charge on any atom is 0.273 e. The Labute approximate surface area is 187 Å². The van der Waals surface area contributed by atoms with Gasteiger partial charge >= 0.3 is 0 Å². The second kappa shape index (κ2) is 8.36. The van der Waals surface area contributed by atoms with Crippen molar-refractivity contribution < 1.29 is 14.7 Å². The summed E-state index contributed by atoms with van der Waals surface area (Å²) in [4.78, 5) is 34.4. The molecule has 5 rings (SSSR count). The third-order valence-electron chi connectivity index (χ3n) is 7.10. The Morgan fingerprint density at radius 2 is 1.69 bits per heavy atom. The van der Waals surface area contributed by atoms with Crippen LogP contribution in [0.3, 0.4) is 0 Å². The molecule has 6 nitrogen and oxygen atoms in total. The van der Waals surface area contributed by atoms with Crippen molar-refractivity contribution in [2.24, 2.45) is 5.41 Å². The van der Waals surface area contributed by atoms with Crippen molar-refractivity contribution in [3.05, 3.63) is 78.1 Å². The fraction of sp³-hybridized carbons (Fsp3) is 0.346. The molecule has 1 spiro atoms. The highest BCUT2D eigenvalue weighted by Crippen LogP contribution is 2.44. The second-order valence-corrected chi connectivity index (χ2v) is 9.01. The summed E-state index contributed by atoms with van der Waals surface area (Å²) in [5, 5.41) is 11.9. The molecule has 2 aliphatic rings. The van der Waals surface area contributed by atoms with E-state index in [0.29, 0.717) is 30.9 Å². The van der Waals surface area contributed by atoms with Crippen molar-refractivity contribution in [2.45, 2.75) is 25.3 Å². The van der Waals surface area contributed by atoms with Crippen molar-refractivity contribution in [1.29, 1.82) is 0 Å². The maximum atomic E-state index is 13.3. The first-order valence-electron chi connectivity index (χ1n) is 11.2. The molecule has 1 atom stereocenters. The molecule has 3 aromatic rings. The number of hydrogen-bond acceptors (Lipinski definition) is 4. The molecule has 2 aliphatic heterocycles. The molecule has 6 heteroatoms. The number of piperidine rings is 1. The summed E-state index contributed by atoms with van der Waals surface area (Å²) in [5.41, 5.74) is 1.10. The van der Waals surface area contributed by atoms with Gasteiger partial charge in [0.25, 0.3) is 11.8 Å². The van der Waals surface area contributed by atoms with Gasteiger partial charge in [0.05, 0.1) is 12.6 Å². The van der Waals surface area contributed by atoms with Gasteiger partial charge < -0.3 is 14.9 Å². The predicted molar refractivity (Wildman–Crippen MR) is 122 cm³/mol. The van der Waals surface area contributed by atoms with Crippen molar-refractivity contribution in [2.75, 3.05) is 26.2 Å². The van der Waals surface area contributed by atoms with Gasteiger partial charge in [0.2, 0.25) is 0 Å². The summed E-state index contributed by atoms with van der Waals surface area (Å²) in [6.45, 7) is 1.86. The number of likely N-dealkylation sites (tertiary alicyclic amines) is 2. The molecule has 1 unspecified atom stereocenters. The minimum absolute atomic E-state index is 0.0278. The normalized spacial score (nSPS) is 20.1. The number of nitrogens with zero attached hydrogens (tertiary/aromatic N) is 3. The summed E-state index contributed by atoms with van der Waals surface area (Å²) in [6.07, 6.45) is 4.10. The van der Waals surface area contributed by atoms with Crippen LogP contribution in [0.15, 0.2) is 66.9 Å². The van der Waals surface area contributed by atoms with Gasteiger partial charge in [0.15, 0.2) is 0 Å². The van der Waals surface area contributed by atoms with Crippen LogP contribution in [0, 0.1) is 5.41 Å². The number of aliphatic hydroxyl groups excluding tert-OH is 1. The number of rotatable bonds is 3. The van der Waals surface area contributed by atoms with Crippen LogP contribution in [0.25, 0.3) is 10.8 Å².